The van der Waals surface area contributed by atoms with E-state index in [1.807, 2.05) is 35.7 Å². The molecule has 0 aliphatic rings. The molecule has 0 aromatic rings. The Morgan fingerprint density at radius 1 is 1.00 bits per heavy atom. The van der Waals surface area contributed by atoms with E-state index in [9.17, 15) is 9.59 Å². The summed E-state index contributed by atoms with van der Waals surface area (Å²) in [5.41, 5.74) is 10.7. The molecule has 0 heterocycles. The lowest BCUT2D eigenvalue weighted by Crippen LogP contribution is -2.55. The number of hydrogen-bond acceptors (Lipinski definition) is 6. The first-order chi connectivity index (χ1) is 14.2. The van der Waals surface area contributed by atoms with Crippen molar-refractivity contribution in [2.24, 2.45) is 11.5 Å². The molecule has 2 atom stereocenters. The fourth-order valence-corrected chi connectivity index (χ4v) is 3.33. The lowest BCUT2D eigenvalue weighted by Gasteiger charge is -2.30. The number of Topliss-reactive ketones (excluding diaryl/α,β-unsaturated/α-hetero) is 1. The second-order valence-corrected chi connectivity index (χ2v) is 10.5. The summed E-state index contributed by atoms with van der Waals surface area (Å²) in [6.45, 7) is 13.2. The highest BCUT2D eigenvalue weighted by Gasteiger charge is 2.34. The van der Waals surface area contributed by atoms with E-state index >= 15 is 0 Å². The topological polar surface area (TPSA) is 119 Å². The fourth-order valence-electron chi connectivity index (χ4n) is 3.33. The average Bonchev–Trinajstić information content (AvgIpc) is 2.65. The van der Waals surface area contributed by atoms with Crippen molar-refractivity contribution in [1.29, 1.82) is 0 Å². The number of ether oxygens (including phenoxy) is 1. The van der Waals surface area contributed by atoms with Gasteiger partial charge in [-0.2, -0.15) is 0 Å². The molecule has 0 rings (SSSR count). The molecule has 31 heavy (non-hydrogen) atoms. The van der Waals surface area contributed by atoms with Crippen LogP contribution in [0.15, 0.2) is 0 Å². The summed E-state index contributed by atoms with van der Waals surface area (Å²) in [6, 6.07) is -0.543. The zero-order valence-corrected chi connectivity index (χ0v) is 21.2. The molecule has 6 N–H and O–H groups in total. The van der Waals surface area contributed by atoms with Crippen molar-refractivity contribution in [2.45, 2.75) is 122 Å². The third-order valence-corrected chi connectivity index (χ3v) is 5.63. The van der Waals surface area contributed by atoms with E-state index in [-0.39, 0.29) is 17.2 Å². The van der Waals surface area contributed by atoms with Gasteiger partial charge in [0, 0.05) is 18.6 Å². The molecule has 0 saturated carbocycles. The Kier molecular flexibility index (Phi) is 13.8. The van der Waals surface area contributed by atoms with Gasteiger partial charge in [-0.1, -0.05) is 19.8 Å². The number of nitrogens with two attached hydrogens (primary N) is 2. The van der Waals surface area contributed by atoms with E-state index in [2.05, 4.69) is 17.5 Å². The molecule has 0 radical (unpaired) electrons. The lowest BCUT2D eigenvalue weighted by atomic mass is 9.85. The molecule has 0 aromatic heterocycles. The standard InChI is InChI=1S/C23H49BN4O3/c1-7-8-13-23(6,26)20(30)18(11-9-10-16-27-24)28-19(29)12-14-22(4,5)31-17-15-21(2,3)25/h18,27H,7-17,24-26H2,1-6H3,(H,28,29). The smallest absolute Gasteiger partial charge is 0.220 e. The fraction of sp³-hybridized carbons (Fsp3) is 0.913. The molecule has 0 aliphatic carbocycles. The van der Waals surface area contributed by atoms with Gasteiger partial charge in [0.05, 0.1) is 17.2 Å². The monoisotopic (exact) mass is 440 g/mol. The van der Waals surface area contributed by atoms with Gasteiger partial charge in [0.2, 0.25) is 5.91 Å². The Bertz CT molecular complexity index is 533. The molecule has 0 bridgehead atoms. The van der Waals surface area contributed by atoms with E-state index in [0.717, 1.165) is 38.6 Å². The van der Waals surface area contributed by atoms with Crippen LogP contribution in [0, 0.1) is 0 Å². The molecule has 0 saturated heterocycles. The quantitative estimate of drug-likeness (QED) is 0.191. The Labute approximate surface area is 191 Å². The maximum atomic E-state index is 13.1. The van der Waals surface area contributed by atoms with Gasteiger partial charge in [-0.15, -0.1) is 0 Å². The van der Waals surface area contributed by atoms with Crippen molar-refractivity contribution in [1.82, 2.24) is 10.5 Å². The van der Waals surface area contributed by atoms with Gasteiger partial charge in [0.25, 0.3) is 0 Å². The summed E-state index contributed by atoms with van der Waals surface area (Å²) in [6.07, 6.45) is 6.53. The highest BCUT2D eigenvalue weighted by molar-refractivity contribution is 6.04. The number of ketones is 1. The van der Waals surface area contributed by atoms with Crippen molar-refractivity contribution >= 4 is 19.7 Å². The summed E-state index contributed by atoms with van der Waals surface area (Å²) < 4.78 is 5.94. The normalized spacial score (nSPS) is 15.4. The Hall–Kier alpha value is -0.955. The van der Waals surface area contributed by atoms with E-state index < -0.39 is 17.2 Å². The van der Waals surface area contributed by atoms with Crippen LogP contribution in [0.5, 0.6) is 0 Å². The van der Waals surface area contributed by atoms with Crippen molar-refractivity contribution in [3.05, 3.63) is 0 Å². The molecule has 2 unspecified atom stereocenters. The second-order valence-electron chi connectivity index (χ2n) is 10.5. The SMILES string of the molecule is BNCCCCC(NC(=O)CCC(C)(C)OCCC(C)(C)N)C(=O)C(C)(N)CCCC. The lowest BCUT2D eigenvalue weighted by molar-refractivity contribution is -0.131. The van der Waals surface area contributed by atoms with Gasteiger partial charge in [-0.05, 0) is 79.7 Å². The molecular weight excluding hydrogens is 391 g/mol. The van der Waals surface area contributed by atoms with Gasteiger partial charge in [-0.3, -0.25) is 9.59 Å². The van der Waals surface area contributed by atoms with Crippen LogP contribution in [0.3, 0.4) is 0 Å². The molecule has 8 heteroatoms. The van der Waals surface area contributed by atoms with Gasteiger partial charge < -0.3 is 26.7 Å². The first kappa shape index (κ1) is 30.0. The summed E-state index contributed by atoms with van der Waals surface area (Å²) in [7, 11) is 1.91. The zero-order chi connectivity index (χ0) is 24.1. The minimum absolute atomic E-state index is 0.0700. The molecular formula is C23H49BN4O3. The number of rotatable bonds is 18. The number of carbonyl (C=O) groups is 2. The molecule has 7 nitrogen and oxygen atoms in total. The predicted molar refractivity (Wildman–Crippen MR) is 132 cm³/mol. The van der Waals surface area contributed by atoms with Crippen LogP contribution in [0.4, 0.5) is 0 Å². The third-order valence-electron chi connectivity index (χ3n) is 5.63. The maximum Gasteiger partial charge on any atom is 0.220 e. The van der Waals surface area contributed by atoms with Crippen molar-refractivity contribution < 1.29 is 14.3 Å². The van der Waals surface area contributed by atoms with Crippen LogP contribution < -0.4 is 22.0 Å². The number of amides is 1. The Morgan fingerprint density at radius 2 is 1.65 bits per heavy atom. The van der Waals surface area contributed by atoms with Gasteiger partial charge in [0.1, 0.15) is 0 Å². The van der Waals surface area contributed by atoms with Gasteiger partial charge in [0.15, 0.2) is 13.8 Å². The first-order valence-electron chi connectivity index (χ1n) is 11.9. The summed E-state index contributed by atoms with van der Waals surface area (Å²) in [4.78, 5) is 25.8. The van der Waals surface area contributed by atoms with Crippen LogP contribution in [0.25, 0.3) is 0 Å². The number of carbonyl (C=O) groups excluding carboxylic acids is 2. The highest BCUT2D eigenvalue weighted by Crippen LogP contribution is 2.20. The van der Waals surface area contributed by atoms with Crippen LogP contribution in [-0.4, -0.2) is 55.5 Å². The largest absolute Gasteiger partial charge is 0.375 e. The number of unbranched alkanes of at least 4 members (excludes halogenated alkanes) is 2. The Balaban J connectivity index is 4.85. The second kappa shape index (κ2) is 14.2. The maximum absolute atomic E-state index is 13.1. The summed E-state index contributed by atoms with van der Waals surface area (Å²) in [5.74, 6) is -0.200. The van der Waals surface area contributed by atoms with E-state index in [0.29, 0.717) is 32.3 Å². The van der Waals surface area contributed by atoms with Crippen LogP contribution >= 0.6 is 0 Å². The van der Waals surface area contributed by atoms with Crippen molar-refractivity contribution in [3.8, 4) is 0 Å². The minimum atomic E-state index is -0.922. The van der Waals surface area contributed by atoms with Crippen LogP contribution in [-0.2, 0) is 14.3 Å². The molecule has 0 aliphatic heterocycles. The molecule has 0 spiro atoms. The molecule has 1 amide bonds. The molecule has 182 valence electrons. The first-order valence-corrected chi connectivity index (χ1v) is 11.9. The van der Waals surface area contributed by atoms with Gasteiger partial charge >= 0.3 is 0 Å². The zero-order valence-electron chi connectivity index (χ0n) is 21.2. The predicted octanol–water partition coefficient (Wildman–Crippen LogP) is 1.96. The third kappa shape index (κ3) is 14.7. The van der Waals surface area contributed by atoms with E-state index in [1.165, 1.54) is 0 Å². The number of nitrogens with one attached hydrogen (secondary N) is 2. The Morgan fingerprint density at radius 3 is 2.19 bits per heavy atom. The summed E-state index contributed by atoms with van der Waals surface area (Å²) >= 11 is 0. The average molecular weight is 440 g/mol. The summed E-state index contributed by atoms with van der Waals surface area (Å²) in [5, 5.41) is 6.08. The van der Waals surface area contributed by atoms with Crippen molar-refractivity contribution in [3.63, 3.8) is 0 Å². The highest BCUT2D eigenvalue weighted by atomic mass is 16.5. The van der Waals surface area contributed by atoms with Crippen LogP contribution in [0.2, 0.25) is 0 Å². The molecule has 0 aromatic carbocycles. The van der Waals surface area contributed by atoms with Crippen LogP contribution in [0.1, 0.15) is 99.3 Å². The molecule has 0 fully saturated rings. The van der Waals surface area contributed by atoms with E-state index in [1.54, 1.807) is 6.92 Å². The van der Waals surface area contributed by atoms with Crippen molar-refractivity contribution in [2.75, 3.05) is 13.2 Å². The number of hydrogen-bond donors (Lipinski definition) is 4. The van der Waals surface area contributed by atoms with Gasteiger partial charge in [-0.25, -0.2) is 0 Å². The minimum Gasteiger partial charge on any atom is -0.375 e. The van der Waals surface area contributed by atoms with E-state index in [4.69, 9.17) is 16.2 Å².